The van der Waals surface area contributed by atoms with Gasteiger partial charge >= 0.3 is 0 Å². The molecule has 1 aromatic heterocycles. The summed E-state index contributed by atoms with van der Waals surface area (Å²) in [6, 6.07) is 13.4. The first-order chi connectivity index (χ1) is 10.1. The number of carbonyl (C=O) groups is 1. The van der Waals surface area contributed by atoms with Gasteiger partial charge in [0.1, 0.15) is 5.69 Å². The Morgan fingerprint density at radius 3 is 2.62 bits per heavy atom. The van der Waals surface area contributed by atoms with Gasteiger partial charge in [0, 0.05) is 16.0 Å². The molecular weight excluding hydrogens is 286 g/mol. The summed E-state index contributed by atoms with van der Waals surface area (Å²) in [5, 5.41) is 8.73. The number of hydrogen-bond acceptors (Lipinski definition) is 2. The Bertz CT molecular complexity index is 811. The lowest BCUT2D eigenvalue weighted by Gasteiger charge is -2.12. The maximum absolute atomic E-state index is 11.6. The second-order valence-electron chi connectivity index (χ2n) is 4.95. The summed E-state index contributed by atoms with van der Waals surface area (Å²) in [7, 11) is 0. The van der Waals surface area contributed by atoms with Gasteiger partial charge in [0.05, 0.1) is 11.4 Å². The van der Waals surface area contributed by atoms with Gasteiger partial charge in [-0.25, -0.2) is 0 Å². The standard InChI is InChI=1S/C16H14ClN3O/c1-9(16(18)21)13-11(17)7-8-12-14(13)15(20-19-12)10-5-3-2-4-6-10/h2-9H,1H3,(H2,18,21)(H,19,20). The van der Waals surface area contributed by atoms with Crippen LogP contribution in [0.3, 0.4) is 0 Å². The van der Waals surface area contributed by atoms with Crippen LogP contribution < -0.4 is 5.73 Å². The van der Waals surface area contributed by atoms with Crippen molar-refractivity contribution in [2.75, 3.05) is 0 Å². The molecule has 0 aliphatic heterocycles. The van der Waals surface area contributed by atoms with E-state index in [2.05, 4.69) is 10.2 Å². The number of aromatic amines is 1. The van der Waals surface area contributed by atoms with Crippen LogP contribution in [0.25, 0.3) is 22.2 Å². The van der Waals surface area contributed by atoms with E-state index in [0.29, 0.717) is 10.6 Å². The first-order valence-electron chi connectivity index (χ1n) is 6.61. The van der Waals surface area contributed by atoms with Crippen LogP contribution in [-0.2, 0) is 4.79 Å². The molecule has 3 rings (SSSR count). The number of hydrogen-bond donors (Lipinski definition) is 2. The molecule has 1 atom stereocenters. The number of nitrogens with zero attached hydrogens (tertiary/aromatic N) is 1. The zero-order chi connectivity index (χ0) is 15.0. The van der Waals surface area contributed by atoms with Gasteiger partial charge in [-0.3, -0.25) is 9.89 Å². The Morgan fingerprint density at radius 1 is 1.24 bits per heavy atom. The van der Waals surface area contributed by atoms with Gasteiger partial charge in [-0.1, -0.05) is 41.9 Å². The molecular formula is C16H14ClN3O. The van der Waals surface area contributed by atoms with E-state index >= 15 is 0 Å². The second-order valence-corrected chi connectivity index (χ2v) is 5.35. The molecule has 0 aliphatic carbocycles. The van der Waals surface area contributed by atoms with Crippen LogP contribution in [0, 0.1) is 0 Å². The number of halogens is 1. The predicted molar refractivity (Wildman–Crippen MR) is 84.1 cm³/mol. The highest BCUT2D eigenvalue weighted by Gasteiger charge is 2.22. The fourth-order valence-corrected chi connectivity index (χ4v) is 2.81. The van der Waals surface area contributed by atoms with E-state index in [1.54, 1.807) is 13.0 Å². The molecule has 0 fully saturated rings. The number of rotatable bonds is 3. The van der Waals surface area contributed by atoms with Crippen LogP contribution in [0.1, 0.15) is 18.4 Å². The minimum absolute atomic E-state index is 0.412. The number of amides is 1. The van der Waals surface area contributed by atoms with Crippen LogP contribution in [0.2, 0.25) is 5.02 Å². The summed E-state index contributed by atoms with van der Waals surface area (Å²) in [5.41, 5.74) is 8.74. The lowest BCUT2D eigenvalue weighted by molar-refractivity contribution is -0.119. The molecule has 0 saturated carbocycles. The summed E-state index contributed by atoms with van der Waals surface area (Å²) in [4.78, 5) is 11.6. The number of benzene rings is 2. The lowest BCUT2D eigenvalue weighted by Crippen LogP contribution is -2.19. The number of aromatic nitrogens is 2. The van der Waals surface area contributed by atoms with Crippen molar-refractivity contribution in [1.29, 1.82) is 0 Å². The summed E-state index contributed by atoms with van der Waals surface area (Å²) in [6.07, 6.45) is 0. The highest BCUT2D eigenvalue weighted by Crippen LogP contribution is 2.37. The summed E-state index contributed by atoms with van der Waals surface area (Å²) >= 11 is 6.31. The maximum Gasteiger partial charge on any atom is 0.224 e. The second kappa shape index (κ2) is 5.22. The summed E-state index contributed by atoms with van der Waals surface area (Å²) in [5.74, 6) is -0.897. The molecule has 0 radical (unpaired) electrons. The van der Waals surface area contributed by atoms with Crippen molar-refractivity contribution in [3.8, 4) is 11.3 Å². The number of H-pyrrole nitrogens is 1. The molecule has 1 unspecified atom stereocenters. The molecule has 21 heavy (non-hydrogen) atoms. The highest BCUT2D eigenvalue weighted by atomic mass is 35.5. The Balaban J connectivity index is 2.34. The fourth-order valence-electron chi connectivity index (χ4n) is 2.48. The van der Waals surface area contributed by atoms with Crippen molar-refractivity contribution in [1.82, 2.24) is 10.2 Å². The summed E-state index contributed by atoms with van der Waals surface area (Å²) < 4.78 is 0. The molecule has 0 spiro atoms. The predicted octanol–water partition coefficient (Wildman–Crippen LogP) is 3.47. The number of nitrogens with one attached hydrogen (secondary N) is 1. The van der Waals surface area contributed by atoms with Crippen molar-refractivity contribution in [3.63, 3.8) is 0 Å². The van der Waals surface area contributed by atoms with Crippen molar-refractivity contribution < 1.29 is 4.79 Å². The van der Waals surface area contributed by atoms with Gasteiger partial charge in [-0.05, 0) is 24.6 Å². The number of carbonyl (C=O) groups excluding carboxylic acids is 1. The van der Waals surface area contributed by atoms with Crippen LogP contribution in [0.15, 0.2) is 42.5 Å². The van der Waals surface area contributed by atoms with Crippen molar-refractivity contribution in [3.05, 3.63) is 53.1 Å². The topological polar surface area (TPSA) is 71.8 Å². The maximum atomic E-state index is 11.6. The SMILES string of the molecule is CC(C(N)=O)c1c(Cl)ccc2[nH]nc(-c3ccccc3)c12. The van der Waals surface area contributed by atoms with Crippen LogP contribution in [-0.4, -0.2) is 16.1 Å². The van der Waals surface area contributed by atoms with E-state index in [0.717, 1.165) is 22.2 Å². The molecule has 4 nitrogen and oxygen atoms in total. The third kappa shape index (κ3) is 2.28. The zero-order valence-corrected chi connectivity index (χ0v) is 12.2. The average molecular weight is 300 g/mol. The average Bonchev–Trinajstić information content (AvgIpc) is 2.91. The van der Waals surface area contributed by atoms with Gasteiger partial charge in [0.15, 0.2) is 0 Å². The van der Waals surface area contributed by atoms with Crippen molar-refractivity contribution >= 4 is 28.4 Å². The van der Waals surface area contributed by atoms with Gasteiger partial charge in [0.2, 0.25) is 5.91 Å². The first-order valence-corrected chi connectivity index (χ1v) is 6.98. The van der Waals surface area contributed by atoms with Crippen LogP contribution in [0.5, 0.6) is 0 Å². The Kier molecular flexibility index (Phi) is 3.39. The van der Waals surface area contributed by atoms with E-state index < -0.39 is 11.8 Å². The molecule has 3 N–H and O–H groups in total. The Morgan fingerprint density at radius 2 is 1.95 bits per heavy atom. The third-order valence-electron chi connectivity index (χ3n) is 3.62. The lowest BCUT2D eigenvalue weighted by atomic mass is 9.94. The normalized spacial score (nSPS) is 12.5. The Hall–Kier alpha value is -2.33. The molecule has 5 heteroatoms. The molecule has 0 bridgehead atoms. The van der Waals surface area contributed by atoms with Gasteiger partial charge in [0.25, 0.3) is 0 Å². The minimum atomic E-state index is -0.485. The fraction of sp³-hybridized carbons (Fsp3) is 0.125. The Labute approximate surface area is 126 Å². The van der Waals surface area contributed by atoms with Gasteiger partial charge in [-0.2, -0.15) is 5.10 Å². The number of nitrogens with two attached hydrogens (primary N) is 1. The van der Waals surface area contributed by atoms with Gasteiger partial charge < -0.3 is 5.73 Å². The first kappa shape index (κ1) is 13.6. The van der Waals surface area contributed by atoms with Crippen molar-refractivity contribution in [2.24, 2.45) is 5.73 Å². The smallest absolute Gasteiger partial charge is 0.224 e. The number of primary amides is 1. The molecule has 106 valence electrons. The van der Waals surface area contributed by atoms with E-state index in [4.69, 9.17) is 17.3 Å². The third-order valence-corrected chi connectivity index (χ3v) is 3.95. The molecule has 1 amide bonds. The van der Waals surface area contributed by atoms with E-state index in [-0.39, 0.29) is 0 Å². The van der Waals surface area contributed by atoms with Crippen LogP contribution >= 0.6 is 11.6 Å². The monoisotopic (exact) mass is 299 g/mol. The quantitative estimate of drug-likeness (QED) is 0.777. The number of fused-ring (bicyclic) bond motifs is 1. The van der Waals surface area contributed by atoms with E-state index in [9.17, 15) is 4.79 Å². The zero-order valence-electron chi connectivity index (χ0n) is 11.4. The molecule has 1 heterocycles. The van der Waals surface area contributed by atoms with E-state index in [1.165, 1.54) is 0 Å². The molecule has 3 aromatic rings. The highest BCUT2D eigenvalue weighted by molar-refractivity contribution is 6.33. The minimum Gasteiger partial charge on any atom is -0.369 e. The van der Waals surface area contributed by atoms with Crippen molar-refractivity contribution in [2.45, 2.75) is 12.8 Å². The molecule has 0 aliphatic rings. The van der Waals surface area contributed by atoms with Crippen LogP contribution in [0.4, 0.5) is 0 Å². The van der Waals surface area contributed by atoms with Gasteiger partial charge in [-0.15, -0.1) is 0 Å². The molecule has 2 aromatic carbocycles. The largest absolute Gasteiger partial charge is 0.369 e. The van der Waals surface area contributed by atoms with E-state index in [1.807, 2.05) is 36.4 Å². The molecule has 0 saturated heterocycles. The summed E-state index contributed by atoms with van der Waals surface area (Å²) in [6.45, 7) is 1.75.